The topological polar surface area (TPSA) is 97.3 Å². The Labute approximate surface area is 209 Å². The largest absolute Gasteiger partial charge is 0.293 e. The maximum atomic E-state index is 12.8. The molecule has 7 nitrogen and oxygen atoms in total. The first-order valence-corrected chi connectivity index (χ1v) is 12.1. The minimum atomic E-state index is -0.196. The van der Waals surface area contributed by atoms with Crippen LogP contribution in [0.5, 0.6) is 0 Å². The van der Waals surface area contributed by atoms with Gasteiger partial charge in [0.15, 0.2) is 5.78 Å². The molecule has 2 aliphatic rings. The number of aromatic nitrogens is 5. The Morgan fingerprint density at radius 1 is 1.08 bits per heavy atom. The molecule has 3 aromatic heterocycles. The van der Waals surface area contributed by atoms with E-state index in [0.717, 1.165) is 57.9 Å². The zero-order valence-electron chi connectivity index (χ0n) is 20.1. The van der Waals surface area contributed by atoms with Gasteiger partial charge in [0.2, 0.25) is 0 Å². The zero-order valence-corrected chi connectivity index (χ0v) is 20.1. The van der Waals surface area contributed by atoms with Crippen LogP contribution in [0, 0.1) is 30.1 Å². The number of carbonyl (C=O) groups is 1. The molecule has 0 bridgehead atoms. The molecular weight excluding hydrogens is 448 g/mol. The van der Waals surface area contributed by atoms with Crippen molar-refractivity contribution >= 4 is 5.78 Å². The molecule has 0 spiro atoms. The minimum Gasteiger partial charge on any atom is -0.293 e. The van der Waals surface area contributed by atoms with E-state index in [1.807, 2.05) is 49.0 Å². The van der Waals surface area contributed by atoms with Gasteiger partial charge in [0.1, 0.15) is 6.07 Å². The number of hydrogen-bond acceptors (Lipinski definition) is 6. The van der Waals surface area contributed by atoms with Crippen LogP contribution in [0.15, 0.2) is 72.7 Å². The molecule has 3 atom stereocenters. The third kappa shape index (κ3) is 3.54. The van der Waals surface area contributed by atoms with Crippen molar-refractivity contribution in [2.24, 2.45) is 11.8 Å². The summed E-state index contributed by atoms with van der Waals surface area (Å²) in [7, 11) is 0. The van der Waals surface area contributed by atoms with E-state index in [4.69, 9.17) is 5.10 Å². The number of benzene rings is 1. The van der Waals surface area contributed by atoms with Gasteiger partial charge in [-0.1, -0.05) is 25.1 Å². The predicted octanol–water partition coefficient (Wildman–Crippen LogP) is 5.01. The lowest BCUT2D eigenvalue weighted by Gasteiger charge is -2.37. The third-order valence-corrected chi connectivity index (χ3v) is 7.47. The summed E-state index contributed by atoms with van der Waals surface area (Å²) in [5.74, 6) is -0.158. The van der Waals surface area contributed by atoms with E-state index in [1.165, 1.54) is 0 Å². The number of pyridine rings is 1. The summed E-state index contributed by atoms with van der Waals surface area (Å²) in [5.41, 5.74) is 8.20. The first-order chi connectivity index (χ1) is 17.5. The molecule has 2 aliphatic carbocycles. The fourth-order valence-corrected chi connectivity index (χ4v) is 5.66. The van der Waals surface area contributed by atoms with E-state index in [9.17, 15) is 10.1 Å². The summed E-state index contributed by atoms with van der Waals surface area (Å²) in [6, 6.07) is 16.3. The van der Waals surface area contributed by atoms with Crippen LogP contribution in [0.25, 0.3) is 28.1 Å². The van der Waals surface area contributed by atoms with Crippen molar-refractivity contribution in [3.8, 4) is 34.1 Å². The highest BCUT2D eigenvalue weighted by Crippen LogP contribution is 2.48. The lowest BCUT2D eigenvalue weighted by Crippen LogP contribution is -2.35. The fourth-order valence-electron chi connectivity index (χ4n) is 5.66. The molecule has 0 amide bonds. The molecule has 0 saturated heterocycles. The van der Waals surface area contributed by atoms with Crippen molar-refractivity contribution in [2.75, 3.05) is 0 Å². The minimum absolute atomic E-state index is 0.0497. The highest BCUT2D eigenvalue weighted by Gasteiger charge is 2.43. The van der Waals surface area contributed by atoms with Crippen molar-refractivity contribution < 1.29 is 4.79 Å². The smallest absolute Gasteiger partial charge is 0.176 e. The van der Waals surface area contributed by atoms with Crippen molar-refractivity contribution in [1.82, 2.24) is 25.0 Å². The van der Waals surface area contributed by atoms with E-state index >= 15 is 0 Å². The molecule has 3 unspecified atom stereocenters. The Morgan fingerprint density at radius 3 is 2.64 bits per heavy atom. The molecule has 36 heavy (non-hydrogen) atoms. The van der Waals surface area contributed by atoms with Crippen LogP contribution >= 0.6 is 0 Å². The van der Waals surface area contributed by atoms with E-state index in [0.29, 0.717) is 0 Å². The molecule has 0 aliphatic heterocycles. The number of ketones is 1. The van der Waals surface area contributed by atoms with Crippen LogP contribution in [0.2, 0.25) is 0 Å². The second-order valence-electron chi connectivity index (χ2n) is 9.57. The third-order valence-electron chi connectivity index (χ3n) is 7.47. The number of Topliss-reactive ketones (excluding diaryl/α,β-unsaturated/α-hetero) is 1. The number of carbonyl (C=O) groups excluding carboxylic acids is 1. The number of allylic oxidation sites excluding steroid dienone is 2. The monoisotopic (exact) mass is 472 g/mol. The maximum Gasteiger partial charge on any atom is 0.176 e. The van der Waals surface area contributed by atoms with Gasteiger partial charge in [0.05, 0.1) is 34.5 Å². The fraction of sp³-hybridized carbons (Fsp3) is 0.241. The summed E-state index contributed by atoms with van der Waals surface area (Å²) < 4.78 is 2.00. The number of rotatable bonds is 3. The van der Waals surface area contributed by atoms with Crippen molar-refractivity contribution in [3.63, 3.8) is 0 Å². The molecule has 4 aromatic rings. The van der Waals surface area contributed by atoms with E-state index < -0.39 is 0 Å². The van der Waals surface area contributed by atoms with Gasteiger partial charge in [-0.25, -0.2) is 4.68 Å². The van der Waals surface area contributed by atoms with Gasteiger partial charge >= 0.3 is 0 Å². The lowest BCUT2D eigenvalue weighted by atomic mass is 9.66. The van der Waals surface area contributed by atoms with Gasteiger partial charge in [-0.3, -0.25) is 9.78 Å². The van der Waals surface area contributed by atoms with Crippen LogP contribution in [0.1, 0.15) is 36.2 Å². The second kappa shape index (κ2) is 8.65. The Bertz CT molecular complexity index is 1550. The van der Waals surface area contributed by atoms with Crippen molar-refractivity contribution in [1.29, 1.82) is 5.26 Å². The quantitative estimate of drug-likeness (QED) is 0.416. The molecule has 3 heterocycles. The molecule has 0 fully saturated rings. The first kappa shape index (κ1) is 22.1. The molecule has 7 heteroatoms. The highest BCUT2D eigenvalue weighted by molar-refractivity contribution is 6.01. The van der Waals surface area contributed by atoms with Gasteiger partial charge in [-0.15, -0.1) is 0 Å². The zero-order chi connectivity index (χ0) is 24.8. The van der Waals surface area contributed by atoms with Gasteiger partial charge in [-0.05, 0) is 61.6 Å². The van der Waals surface area contributed by atoms with Crippen LogP contribution < -0.4 is 0 Å². The van der Waals surface area contributed by atoms with Crippen molar-refractivity contribution in [2.45, 2.75) is 32.6 Å². The Balaban J connectivity index is 1.52. The number of nitrogens with zero attached hydrogens (tertiary/aromatic N) is 6. The average molecular weight is 473 g/mol. The number of nitriles is 1. The maximum absolute atomic E-state index is 12.8. The number of aryl methyl sites for hydroxylation is 1. The summed E-state index contributed by atoms with van der Waals surface area (Å²) in [5, 5.41) is 22.9. The van der Waals surface area contributed by atoms with Crippen LogP contribution in [0.3, 0.4) is 0 Å². The normalized spacial score (nSPS) is 20.8. The van der Waals surface area contributed by atoms with Gasteiger partial charge in [-0.2, -0.15) is 20.6 Å². The van der Waals surface area contributed by atoms with Crippen molar-refractivity contribution in [3.05, 3.63) is 89.7 Å². The number of fused-ring (bicyclic) bond motifs is 3. The summed E-state index contributed by atoms with van der Waals surface area (Å²) >= 11 is 0. The Hall–Kier alpha value is -4.44. The standard InChI is InChI=1S/C29H24N6O/c1-17-12-22(16-32-33-17)19-5-7-23(8-6-19)35-28-25(27(34-35)20-4-3-11-31-15-20)10-9-24-18(2)29(36)21(14-30)13-26(24)28/h3-8,11-13,15-16,18,24,26H,9-10H2,1-2H3. The summed E-state index contributed by atoms with van der Waals surface area (Å²) in [6.45, 7) is 3.88. The highest BCUT2D eigenvalue weighted by atomic mass is 16.1. The molecule has 0 N–H and O–H groups in total. The average Bonchev–Trinajstić information content (AvgIpc) is 3.31. The van der Waals surface area contributed by atoms with Gasteiger partial charge < -0.3 is 0 Å². The van der Waals surface area contributed by atoms with Crippen LogP contribution in [-0.2, 0) is 11.2 Å². The van der Waals surface area contributed by atoms with Gasteiger partial charge in [0, 0.05) is 40.9 Å². The predicted molar refractivity (Wildman–Crippen MR) is 135 cm³/mol. The van der Waals surface area contributed by atoms with E-state index in [2.05, 4.69) is 45.5 Å². The SMILES string of the molecule is Cc1cc(-c2ccc(-n3nc(-c4cccnc4)c4c3C3C=C(C#N)C(=O)C(C)C3CC4)cc2)cnn1. The Morgan fingerprint density at radius 2 is 1.92 bits per heavy atom. The summed E-state index contributed by atoms with van der Waals surface area (Å²) in [6.07, 6.45) is 8.94. The lowest BCUT2D eigenvalue weighted by molar-refractivity contribution is -0.120. The molecular formula is C29H24N6O. The molecule has 176 valence electrons. The number of hydrogen-bond donors (Lipinski definition) is 0. The van der Waals surface area contributed by atoms with Crippen LogP contribution in [-0.4, -0.2) is 30.7 Å². The summed E-state index contributed by atoms with van der Waals surface area (Å²) in [4.78, 5) is 17.1. The Kier molecular flexibility index (Phi) is 5.30. The second-order valence-corrected chi connectivity index (χ2v) is 9.57. The van der Waals surface area contributed by atoms with E-state index in [-0.39, 0.29) is 29.1 Å². The molecule has 0 radical (unpaired) electrons. The first-order valence-electron chi connectivity index (χ1n) is 12.1. The molecule has 0 saturated carbocycles. The van der Waals surface area contributed by atoms with Gasteiger partial charge in [0.25, 0.3) is 0 Å². The molecule has 6 rings (SSSR count). The molecule has 1 aromatic carbocycles. The van der Waals surface area contributed by atoms with E-state index in [1.54, 1.807) is 12.4 Å². The van der Waals surface area contributed by atoms with Crippen LogP contribution in [0.4, 0.5) is 0 Å².